The van der Waals surface area contributed by atoms with E-state index in [9.17, 15) is 0 Å². The van der Waals surface area contributed by atoms with Crippen LogP contribution >= 0.6 is 15.9 Å². The highest BCUT2D eigenvalue weighted by Crippen LogP contribution is 2.18. The minimum absolute atomic E-state index is 0.0285. The lowest BCUT2D eigenvalue weighted by atomic mass is 10.1. The van der Waals surface area contributed by atoms with E-state index in [1.807, 2.05) is 12.3 Å². The fourth-order valence-corrected chi connectivity index (χ4v) is 2.27. The number of nitrogens with two attached hydrogens (primary N) is 1. The third kappa shape index (κ3) is 3.81. The van der Waals surface area contributed by atoms with Crippen molar-refractivity contribution in [2.24, 2.45) is 5.73 Å². The maximum atomic E-state index is 5.98. The molecular formula is C16H20BrN3. The van der Waals surface area contributed by atoms with Crippen molar-refractivity contribution in [1.29, 1.82) is 0 Å². The van der Waals surface area contributed by atoms with Gasteiger partial charge in [0.05, 0.1) is 17.6 Å². The first kappa shape index (κ1) is 15.0. The Morgan fingerprint density at radius 3 is 2.45 bits per heavy atom. The maximum absolute atomic E-state index is 5.98. The van der Waals surface area contributed by atoms with Crippen LogP contribution in [0.4, 0.5) is 5.69 Å². The summed E-state index contributed by atoms with van der Waals surface area (Å²) >= 11 is 3.45. The molecule has 0 amide bonds. The van der Waals surface area contributed by atoms with Crippen molar-refractivity contribution in [3.63, 3.8) is 0 Å². The van der Waals surface area contributed by atoms with Gasteiger partial charge in [0.15, 0.2) is 0 Å². The number of rotatable bonds is 5. The number of hydrogen-bond donors (Lipinski definition) is 1. The summed E-state index contributed by atoms with van der Waals surface area (Å²) in [5.74, 6) is 0. The molecule has 0 saturated heterocycles. The molecule has 1 atom stereocenters. The summed E-state index contributed by atoms with van der Waals surface area (Å²) in [5, 5.41) is 0. The molecule has 4 heteroatoms. The summed E-state index contributed by atoms with van der Waals surface area (Å²) in [4.78, 5) is 6.63. The average molecular weight is 334 g/mol. The standard InChI is InChI=1S/C16H20BrN3/c1-3-15(18)16-9-8-14(10-19-16)20(2)11-12-4-6-13(17)7-5-12/h4-10,15H,3,11,18H2,1-2H3/t15-/m0/s1. The molecule has 0 aliphatic heterocycles. The fourth-order valence-electron chi connectivity index (χ4n) is 2.01. The quantitative estimate of drug-likeness (QED) is 0.902. The SMILES string of the molecule is CC[C@H](N)c1ccc(N(C)Cc2ccc(Br)cc2)cn1. The molecule has 1 aromatic carbocycles. The van der Waals surface area contributed by atoms with Gasteiger partial charge in [0.2, 0.25) is 0 Å². The summed E-state index contributed by atoms with van der Waals surface area (Å²) in [6.07, 6.45) is 2.80. The van der Waals surface area contributed by atoms with Crippen LogP contribution in [0.25, 0.3) is 0 Å². The first-order valence-electron chi connectivity index (χ1n) is 6.77. The normalized spacial score (nSPS) is 12.2. The molecule has 20 heavy (non-hydrogen) atoms. The molecule has 3 nitrogen and oxygen atoms in total. The number of hydrogen-bond acceptors (Lipinski definition) is 3. The van der Waals surface area contributed by atoms with E-state index in [1.165, 1.54) is 5.56 Å². The van der Waals surface area contributed by atoms with E-state index in [0.717, 1.165) is 28.8 Å². The van der Waals surface area contributed by atoms with Crippen molar-refractivity contribution in [3.05, 3.63) is 58.3 Å². The Kier molecular flexibility index (Phi) is 5.15. The Balaban J connectivity index is 2.05. The Morgan fingerprint density at radius 2 is 1.90 bits per heavy atom. The molecule has 0 aliphatic rings. The lowest BCUT2D eigenvalue weighted by molar-refractivity contribution is 0.675. The molecule has 1 aromatic heterocycles. The number of pyridine rings is 1. The molecule has 2 rings (SSSR count). The summed E-state index contributed by atoms with van der Waals surface area (Å²) < 4.78 is 1.10. The van der Waals surface area contributed by atoms with Crippen molar-refractivity contribution >= 4 is 21.6 Å². The van der Waals surface area contributed by atoms with Crippen LogP contribution in [0.2, 0.25) is 0 Å². The summed E-state index contributed by atoms with van der Waals surface area (Å²) in [6.45, 7) is 2.92. The second kappa shape index (κ2) is 6.86. The third-order valence-corrected chi connectivity index (χ3v) is 3.89. The van der Waals surface area contributed by atoms with Gasteiger partial charge < -0.3 is 10.6 Å². The van der Waals surface area contributed by atoms with Crippen LogP contribution in [0.5, 0.6) is 0 Å². The average Bonchev–Trinajstić information content (AvgIpc) is 2.49. The lowest BCUT2D eigenvalue weighted by Crippen LogP contribution is -2.17. The molecule has 0 spiro atoms. The zero-order chi connectivity index (χ0) is 14.5. The Bertz CT molecular complexity index is 537. The van der Waals surface area contributed by atoms with Gasteiger partial charge in [-0.2, -0.15) is 0 Å². The molecular weight excluding hydrogens is 314 g/mol. The molecule has 0 fully saturated rings. The first-order valence-corrected chi connectivity index (χ1v) is 7.56. The molecule has 2 N–H and O–H groups in total. The predicted molar refractivity (Wildman–Crippen MR) is 87.7 cm³/mol. The van der Waals surface area contributed by atoms with E-state index in [1.54, 1.807) is 0 Å². The zero-order valence-electron chi connectivity index (χ0n) is 11.9. The smallest absolute Gasteiger partial charge is 0.0572 e. The fraction of sp³-hybridized carbons (Fsp3) is 0.312. The van der Waals surface area contributed by atoms with Crippen LogP contribution in [-0.2, 0) is 6.54 Å². The van der Waals surface area contributed by atoms with Crippen LogP contribution in [0, 0.1) is 0 Å². The van der Waals surface area contributed by atoms with Crippen molar-refractivity contribution in [2.45, 2.75) is 25.9 Å². The highest BCUT2D eigenvalue weighted by Gasteiger charge is 2.07. The molecule has 2 aromatic rings. The van der Waals surface area contributed by atoms with Gasteiger partial charge in [-0.05, 0) is 36.2 Å². The Morgan fingerprint density at radius 1 is 1.20 bits per heavy atom. The van der Waals surface area contributed by atoms with E-state index in [4.69, 9.17) is 5.73 Å². The molecule has 0 unspecified atom stereocenters. The van der Waals surface area contributed by atoms with Gasteiger partial charge in [-0.25, -0.2) is 0 Å². The van der Waals surface area contributed by atoms with Crippen LogP contribution in [0.1, 0.15) is 30.6 Å². The van der Waals surface area contributed by atoms with Crippen molar-refractivity contribution in [3.8, 4) is 0 Å². The second-order valence-corrected chi connectivity index (χ2v) is 5.85. The van der Waals surface area contributed by atoms with Crippen molar-refractivity contribution in [1.82, 2.24) is 4.98 Å². The first-order chi connectivity index (χ1) is 9.60. The number of aromatic nitrogens is 1. The van der Waals surface area contributed by atoms with Crippen LogP contribution in [-0.4, -0.2) is 12.0 Å². The minimum atomic E-state index is 0.0285. The third-order valence-electron chi connectivity index (χ3n) is 3.36. The molecule has 0 radical (unpaired) electrons. The highest BCUT2D eigenvalue weighted by atomic mass is 79.9. The van der Waals surface area contributed by atoms with Gasteiger partial charge in [-0.3, -0.25) is 4.98 Å². The predicted octanol–water partition coefficient (Wildman–Crippen LogP) is 3.89. The molecule has 0 saturated carbocycles. The van der Waals surface area contributed by atoms with Gasteiger partial charge >= 0.3 is 0 Å². The molecule has 0 aliphatic carbocycles. The van der Waals surface area contributed by atoms with E-state index >= 15 is 0 Å². The summed E-state index contributed by atoms with van der Waals surface area (Å²) in [6, 6.07) is 12.5. The molecule has 1 heterocycles. The Labute approximate surface area is 129 Å². The summed E-state index contributed by atoms with van der Waals surface area (Å²) in [7, 11) is 2.07. The molecule has 106 valence electrons. The number of anilines is 1. The van der Waals surface area contributed by atoms with Gasteiger partial charge in [0.25, 0.3) is 0 Å². The van der Waals surface area contributed by atoms with Crippen molar-refractivity contribution < 1.29 is 0 Å². The maximum Gasteiger partial charge on any atom is 0.0572 e. The van der Waals surface area contributed by atoms with Crippen LogP contribution in [0.3, 0.4) is 0 Å². The van der Waals surface area contributed by atoms with Crippen LogP contribution < -0.4 is 10.6 Å². The van der Waals surface area contributed by atoms with Gasteiger partial charge in [-0.1, -0.05) is 35.0 Å². The van der Waals surface area contributed by atoms with Gasteiger partial charge in [0, 0.05) is 24.1 Å². The second-order valence-electron chi connectivity index (χ2n) is 4.94. The van der Waals surface area contributed by atoms with Gasteiger partial charge in [-0.15, -0.1) is 0 Å². The summed E-state index contributed by atoms with van der Waals surface area (Å²) in [5.41, 5.74) is 9.30. The van der Waals surface area contributed by atoms with E-state index in [0.29, 0.717) is 0 Å². The number of nitrogens with zero attached hydrogens (tertiary/aromatic N) is 2. The largest absolute Gasteiger partial charge is 0.369 e. The number of benzene rings is 1. The topological polar surface area (TPSA) is 42.1 Å². The van der Waals surface area contributed by atoms with E-state index in [-0.39, 0.29) is 6.04 Å². The Hall–Kier alpha value is -1.39. The van der Waals surface area contributed by atoms with E-state index in [2.05, 4.69) is 70.1 Å². The molecule has 0 bridgehead atoms. The van der Waals surface area contributed by atoms with Crippen LogP contribution in [0.15, 0.2) is 47.1 Å². The lowest BCUT2D eigenvalue weighted by Gasteiger charge is -2.20. The highest BCUT2D eigenvalue weighted by molar-refractivity contribution is 9.10. The number of halogens is 1. The minimum Gasteiger partial charge on any atom is -0.369 e. The monoisotopic (exact) mass is 333 g/mol. The van der Waals surface area contributed by atoms with Crippen molar-refractivity contribution in [2.75, 3.05) is 11.9 Å². The van der Waals surface area contributed by atoms with E-state index < -0.39 is 0 Å². The van der Waals surface area contributed by atoms with Gasteiger partial charge in [0.1, 0.15) is 0 Å². The zero-order valence-corrected chi connectivity index (χ0v) is 13.5.